The van der Waals surface area contributed by atoms with Crippen LogP contribution in [-0.2, 0) is 10.2 Å². The molecule has 2 N–H and O–H groups in total. The molecule has 3 rings (SSSR count). The molecule has 1 fully saturated rings. The van der Waals surface area contributed by atoms with E-state index in [1.165, 1.54) is 5.56 Å². The minimum absolute atomic E-state index is 0.0310. The van der Waals surface area contributed by atoms with Crippen LogP contribution >= 0.6 is 0 Å². The quantitative estimate of drug-likeness (QED) is 0.767. The van der Waals surface area contributed by atoms with E-state index in [4.69, 9.17) is 4.74 Å². The number of anilines is 1. The molecular weight excluding hydrogens is 352 g/mol. The van der Waals surface area contributed by atoms with Crippen LogP contribution in [0.1, 0.15) is 55.1 Å². The number of hydrogen-bond donors (Lipinski definition) is 2. The fourth-order valence-corrected chi connectivity index (χ4v) is 3.25. The van der Waals surface area contributed by atoms with Crippen LogP contribution in [0.25, 0.3) is 0 Å². The molecule has 1 aliphatic rings. The van der Waals surface area contributed by atoms with Crippen molar-refractivity contribution in [3.05, 3.63) is 65.2 Å². The van der Waals surface area contributed by atoms with Gasteiger partial charge in [-0.1, -0.05) is 57.2 Å². The second-order valence-electron chi connectivity index (χ2n) is 8.19. The van der Waals surface area contributed by atoms with Crippen molar-refractivity contribution in [2.75, 3.05) is 18.5 Å². The second kappa shape index (κ2) is 8.57. The zero-order chi connectivity index (χ0) is 20.1. The molecule has 0 atom stereocenters. The molecule has 2 aromatic carbocycles. The van der Waals surface area contributed by atoms with Gasteiger partial charge >= 0.3 is 6.03 Å². The van der Waals surface area contributed by atoms with Crippen LogP contribution in [0.2, 0.25) is 0 Å². The van der Waals surface area contributed by atoms with Gasteiger partial charge in [-0.3, -0.25) is 4.79 Å². The third-order valence-electron chi connectivity index (χ3n) is 4.99. The van der Waals surface area contributed by atoms with Gasteiger partial charge < -0.3 is 15.4 Å². The first-order valence-electron chi connectivity index (χ1n) is 9.74. The third kappa shape index (κ3) is 4.98. The smallest absolute Gasteiger partial charge is 0.319 e. The summed E-state index contributed by atoms with van der Waals surface area (Å²) in [7, 11) is 0. The van der Waals surface area contributed by atoms with E-state index in [1.54, 1.807) is 18.2 Å². The van der Waals surface area contributed by atoms with Crippen LogP contribution in [0.5, 0.6) is 0 Å². The molecule has 1 heterocycles. The molecule has 2 amide bonds. The molecule has 0 radical (unpaired) electrons. The first kappa shape index (κ1) is 20.1. The Morgan fingerprint density at radius 1 is 0.964 bits per heavy atom. The Hall–Kier alpha value is -2.66. The first-order chi connectivity index (χ1) is 13.3. The van der Waals surface area contributed by atoms with E-state index in [2.05, 4.69) is 31.4 Å². The van der Waals surface area contributed by atoms with Crippen molar-refractivity contribution in [1.82, 2.24) is 5.32 Å². The summed E-state index contributed by atoms with van der Waals surface area (Å²) in [6.45, 7) is 7.73. The number of amides is 2. The van der Waals surface area contributed by atoms with Crippen LogP contribution in [0.4, 0.5) is 10.5 Å². The summed E-state index contributed by atoms with van der Waals surface area (Å²) in [4.78, 5) is 25.4. The van der Waals surface area contributed by atoms with Gasteiger partial charge in [0, 0.05) is 30.4 Å². The number of ketones is 1. The summed E-state index contributed by atoms with van der Waals surface area (Å²) in [5.74, 6) is -0.109. The number of carbonyl (C=O) groups excluding carboxylic acids is 2. The predicted octanol–water partition coefficient (Wildman–Crippen LogP) is 4.52. The van der Waals surface area contributed by atoms with Crippen LogP contribution in [-0.4, -0.2) is 31.1 Å². The average Bonchev–Trinajstić information content (AvgIpc) is 2.68. The highest BCUT2D eigenvalue weighted by Crippen LogP contribution is 2.24. The van der Waals surface area contributed by atoms with Gasteiger partial charge in [0.25, 0.3) is 0 Å². The number of benzene rings is 2. The zero-order valence-electron chi connectivity index (χ0n) is 16.7. The lowest BCUT2D eigenvalue weighted by Gasteiger charge is -2.23. The van der Waals surface area contributed by atoms with Crippen molar-refractivity contribution in [2.24, 2.45) is 0 Å². The minimum atomic E-state index is -0.296. The monoisotopic (exact) mass is 380 g/mol. The van der Waals surface area contributed by atoms with Gasteiger partial charge in [-0.05, 0) is 36.0 Å². The van der Waals surface area contributed by atoms with Gasteiger partial charge in [-0.2, -0.15) is 0 Å². The largest absolute Gasteiger partial charge is 0.381 e. The number of ether oxygens (including phenoxy) is 1. The Bertz CT molecular complexity index is 832. The van der Waals surface area contributed by atoms with Crippen molar-refractivity contribution in [1.29, 1.82) is 0 Å². The highest BCUT2D eigenvalue weighted by Gasteiger charge is 2.19. The van der Waals surface area contributed by atoms with Crippen LogP contribution in [0.3, 0.4) is 0 Å². The second-order valence-corrected chi connectivity index (χ2v) is 8.19. The van der Waals surface area contributed by atoms with E-state index >= 15 is 0 Å². The van der Waals surface area contributed by atoms with E-state index in [1.807, 2.05) is 30.3 Å². The minimum Gasteiger partial charge on any atom is -0.381 e. The highest BCUT2D eigenvalue weighted by atomic mass is 16.5. The topological polar surface area (TPSA) is 67.4 Å². The first-order valence-corrected chi connectivity index (χ1v) is 9.74. The average molecular weight is 380 g/mol. The van der Waals surface area contributed by atoms with Crippen molar-refractivity contribution in [3.63, 3.8) is 0 Å². The van der Waals surface area contributed by atoms with E-state index in [0.717, 1.165) is 12.8 Å². The molecule has 2 aromatic rings. The molecule has 5 nitrogen and oxygen atoms in total. The molecule has 1 saturated heterocycles. The normalized spacial score (nSPS) is 15.1. The van der Waals surface area contributed by atoms with Crippen molar-refractivity contribution >= 4 is 17.5 Å². The molecular formula is C23H28N2O3. The zero-order valence-corrected chi connectivity index (χ0v) is 16.7. The molecule has 0 spiro atoms. The number of urea groups is 1. The Balaban J connectivity index is 1.74. The van der Waals surface area contributed by atoms with Gasteiger partial charge in [-0.25, -0.2) is 4.79 Å². The van der Waals surface area contributed by atoms with Gasteiger partial charge in [0.05, 0.1) is 5.69 Å². The number of nitrogens with one attached hydrogen (secondary N) is 2. The Labute approximate surface area is 166 Å². The molecule has 0 unspecified atom stereocenters. The van der Waals surface area contributed by atoms with Gasteiger partial charge in [0.1, 0.15) is 0 Å². The number of para-hydroxylation sites is 1. The fraction of sp³-hybridized carbons (Fsp3) is 0.391. The summed E-state index contributed by atoms with van der Waals surface area (Å²) in [5.41, 5.74) is 2.80. The summed E-state index contributed by atoms with van der Waals surface area (Å²) < 4.78 is 5.31. The van der Waals surface area contributed by atoms with E-state index in [0.29, 0.717) is 30.0 Å². The summed E-state index contributed by atoms with van der Waals surface area (Å²) in [6, 6.07) is 14.6. The Morgan fingerprint density at radius 3 is 2.25 bits per heavy atom. The van der Waals surface area contributed by atoms with E-state index in [-0.39, 0.29) is 23.3 Å². The Morgan fingerprint density at radius 2 is 1.61 bits per heavy atom. The molecule has 5 heteroatoms. The van der Waals surface area contributed by atoms with E-state index in [9.17, 15) is 9.59 Å². The standard InChI is InChI=1S/C23H28N2O3/c1-23(2,3)17-10-8-16(9-11-17)21(26)19-6-4-5-7-20(19)25-22(27)24-18-12-14-28-15-13-18/h4-11,18H,12-15H2,1-3H3,(H2,24,25,27). The maximum absolute atomic E-state index is 13.0. The third-order valence-corrected chi connectivity index (χ3v) is 4.99. The lowest BCUT2D eigenvalue weighted by Crippen LogP contribution is -2.41. The van der Waals surface area contributed by atoms with E-state index < -0.39 is 0 Å². The van der Waals surface area contributed by atoms with Crippen LogP contribution in [0.15, 0.2) is 48.5 Å². The Kier molecular flexibility index (Phi) is 6.15. The molecule has 0 aliphatic carbocycles. The van der Waals surface area contributed by atoms with Gasteiger partial charge in [0.2, 0.25) is 0 Å². The lowest BCUT2D eigenvalue weighted by atomic mass is 9.86. The summed E-state index contributed by atoms with van der Waals surface area (Å²) in [6.07, 6.45) is 1.60. The van der Waals surface area contributed by atoms with Crippen molar-refractivity contribution in [3.8, 4) is 0 Å². The van der Waals surface area contributed by atoms with Crippen molar-refractivity contribution < 1.29 is 14.3 Å². The summed E-state index contributed by atoms with van der Waals surface area (Å²) >= 11 is 0. The molecule has 0 saturated carbocycles. The van der Waals surface area contributed by atoms with Crippen LogP contribution < -0.4 is 10.6 Å². The maximum atomic E-state index is 13.0. The number of rotatable bonds is 4. The molecule has 28 heavy (non-hydrogen) atoms. The van der Waals surface area contributed by atoms with Gasteiger partial charge in [0.15, 0.2) is 5.78 Å². The number of carbonyl (C=O) groups is 2. The molecule has 148 valence electrons. The predicted molar refractivity (Wildman–Crippen MR) is 111 cm³/mol. The molecule has 0 bridgehead atoms. The van der Waals surface area contributed by atoms with Crippen molar-refractivity contribution in [2.45, 2.75) is 45.1 Å². The summed E-state index contributed by atoms with van der Waals surface area (Å²) in [5, 5.41) is 5.79. The highest BCUT2D eigenvalue weighted by molar-refractivity contribution is 6.13. The molecule has 0 aromatic heterocycles. The number of hydrogen-bond acceptors (Lipinski definition) is 3. The van der Waals surface area contributed by atoms with Crippen LogP contribution in [0, 0.1) is 0 Å². The van der Waals surface area contributed by atoms with Gasteiger partial charge in [-0.15, -0.1) is 0 Å². The molecule has 1 aliphatic heterocycles. The SMILES string of the molecule is CC(C)(C)c1ccc(C(=O)c2ccccc2NC(=O)NC2CCOCC2)cc1. The fourth-order valence-electron chi connectivity index (χ4n) is 3.25. The lowest BCUT2D eigenvalue weighted by molar-refractivity contribution is 0.0806. The maximum Gasteiger partial charge on any atom is 0.319 e.